The molecule has 2 unspecified atom stereocenters. The molecule has 94 valence electrons. The predicted octanol–water partition coefficient (Wildman–Crippen LogP) is 0.557. The number of amides is 1. The van der Waals surface area contributed by atoms with Crippen LogP contribution in [0.1, 0.15) is 26.2 Å². The van der Waals surface area contributed by atoms with Crippen molar-refractivity contribution in [3.05, 3.63) is 0 Å². The Balaban J connectivity index is 2.13. The fourth-order valence-electron chi connectivity index (χ4n) is 2.14. The number of nitrogens with zero attached hydrogens (tertiary/aromatic N) is 2. The molecule has 0 radical (unpaired) electrons. The molecule has 0 bridgehead atoms. The second kappa shape index (κ2) is 6.21. The van der Waals surface area contributed by atoms with Gasteiger partial charge in [0.05, 0.1) is 6.10 Å². The first-order valence-corrected chi connectivity index (χ1v) is 6.11. The highest BCUT2D eigenvalue weighted by Gasteiger charge is 2.25. The first-order valence-electron chi connectivity index (χ1n) is 6.11. The van der Waals surface area contributed by atoms with Crippen molar-refractivity contribution in [2.24, 2.45) is 5.92 Å². The molecule has 1 rings (SSSR count). The van der Waals surface area contributed by atoms with Crippen LogP contribution in [0.2, 0.25) is 0 Å². The molecule has 4 heteroatoms. The average molecular weight is 228 g/mol. The van der Waals surface area contributed by atoms with Gasteiger partial charge in [-0.2, -0.15) is 0 Å². The van der Waals surface area contributed by atoms with Crippen molar-refractivity contribution in [1.82, 2.24) is 9.80 Å². The van der Waals surface area contributed by atoms with Crippen LogP contribution in [0.5, 0.6) is 0 Å². The number of aliphatic hydroxyl groups excluding tert-OH is 1. The number of aliphatic hydroxyl groups is 1. The van der Waals surface area contributed by atoms with E-state index in [1.165, 1.54) is 0 Å². The van der Waals surface area contributed by atoms with E-state index in [0.717, 1.165) is 32.5 Å². The van der Waals surface area contributed by atoms with E-state index in [2.05, 4.69) is 4.90 Å². The first kappa shape index (κ1) is 13.5. The Morgan fingerprint density at radius 1 is 1.56 bits per heavy atom. The Hall–Kier alpha value is -0.610. The third kappa shape index (κ3) is 4.10. The molecular weight excluding hydrogens is 204 g/mol. The summed E-state index contributed by atoms with van der Waals surface area (Å²) < 4.78 is 0. The van der Waals surface area contributed by atoms with Crippen LogP contribution < -0.4 is 0 Å². The third-order valence-electron chi connectivity index (χ3n) is 3.35. The molecule has 1 aliphatic rings. The van der Waals surface area contributed by atoms with Gasteiger partial charge in [-0.25, -0.2) is 0 Å². The predicted molar refractivity (Wildman–Crippen MR) is 64.2 cm³/mol. The van der Waals surface area contributed by atoms with Gasteiger partial charge >= 0.3 is 0 Å². The van der Waals surface area contributed by atoms with Crippen LogP contribution in [0, 0.1) is 5.92 Å². The smallest absolute Gasteiger partial charge is 0.222 e. The summed E-state index contributed by atoms with van der Waals surface area (Å²) >= 11 is 0. The van der Waals surface area contributed by atoms with Crippen LogP contribution in [0.3, 0.4) is 0 Å². The van der Waals surface area contributed by atoms with Crippen molar-refractivity contribution in [2.75, 3.05) is 33.7 Å². The number of carbonyl (C=O) groups excluding carboxylic acids is 1. The molecule has 1 heterocycles. The maximum absolute atomic E-state index is 11.4. The molecule has 1 N–H and O–H groups in total. The maximum atomic E-state index is 11.4. The second-order valence-electron chi connectivity index (χ2n) is 4.98. The molecule has 0 saturated carbocycles. The summed E-state index contributed by atoms with van der Waals surface area (Å²) in [7, 11) is 3.59. The van der Waals surface area contributed by atoms with E-state index in [0.29, 0.717) is 12.3 Å². The number of carbonyl (C=O) groups is 1. The highest BCUT2D eigenvalue weighted by atomic mass is 16.3. The molecule has 2 atom stereocenters. The highest BCUT2D eigenvalue weighted by Crippen LogP contribution is 2.19. The lowest BCUT2D eigenvalue weighted by Crippen LogP contribution is -2.27. The average Bonchev–Trinajstić information content (AvgIpc) is 2.66. The fraction of sp³-hybridized carbons (Fsp3) is 0.917. The van der Waals surface area contributed by atoms with E-state index in [1.807, 2.05) is 6.92 Å². The molecule has 16 heavy (non-hydrogen) atoms. The van der Waals surface area contributed by atoms with Gasteiger partial charge in [0.15, 0.2) is 0 Å². The Morgan fingerprint density at radius 2 is 2.25 bits per heavy atom. The SMILES string of the molecule is CC(O)C1CCN(CCCC(=O)N(C)C)C1. The molecule has 0 aromatic rings. The number of hydrogen-bond donors (Lipinski definition) is 1. The van der Waals surface area contributed by atoms with Crippen LogP contribution in [-0.2, 0) is 4.79 Å². The van der Waals surface area contributed by atoms with Gasteiger partial charge in [0.2, 0.25) is 5.91 Å². The fourth-order valence-corrected chi connectivity index (χ4v) is 2.14. The third-order valence-corrected chi connectivity index (χ3v) is 3.35. The van der Waals surface area contributed by atoms with Crippen molar-refractivity contribution in [1.29, 1.82) is 0 Å². The summed E-state index contributed by atoms with van der Waals surface area (Å²) in [6, 6.07) is 0. The molecular formula is C12H24N2O2. The Morgan fingerprint density at radius 3 is 2.75 bits per heavy atom. The van der Waals surface area contributed by atoms with Crippen LogP contribution in [0.25, 0.3) is 0 Å². The molecule has 4 nitrogen and oxygen atoms in total. The van der Waals surface area contributed by atoms with Gasteiger partial charge in [-0.15, -0.1) is 0 Å². The summed E-state index contributed by atoms with van der Waals surface area (Å²) in [5, 5.41) is 9.47. The lowest BCUT2D eigenvalue weighted by Gasteiger charge is -2.17. The summed E-state index contributed by atoms with van der Waals surface area (Å²) in [5.74, 6) is 0.621. The zero-order chi connectivity index (χ0) is 12.1. The van der Waals surface area contributed by atoms with E-state index in [1.54, 1.807) is 19.0 Å². The van der Waals surface area contributed by atoms with Gasteiger partial charge in [0.1, 0.15) is 0 Å². The van der Waals surface area contributed by atoms with Gasteiger partial charge in [0, 0.05) is 27.1 Å². The molecule has 0 aromatic carbocycles. The van der Waals surface area contributed by atoms with Crippen molar-refractivity contribution in [3.8, 4) is 0 Å². The standard InChI is InChI=1S/C12H24N2O2/c1-10(15)11-6-8-14(9-11)7-4-5-12(16)13(2)3/h10-11,15H,4-9H2,1-3H3. The minimum atomic E-state index is -0.201. The number of rotatable bonds is 5. The zero-order valence-corrected chi connectivity index (χ0v) is 10.6. The zero-order valence-electron chi connectivity index (χ0n) is 10.6. The van der Waals surface area contributed by atoms with Crippen molar-refractivity contribution in [3.63, 3.8) is 0 Å². The minimum absolute atomic E-state index is 0.200. The molecule has 1 fully saturated rings. The topological polar surface area (TPSA) is 43.8 Å². The van der Waals surface area contributed by atoms with Crippen LogP contribution in [0.15, 0.2) is 0 Å². The van der Waals surface area contributed by atoms with Crippen molar-refractivity contribution in [2.45, 2.75) is 32.3 Å². The largest absolute Gasteiger partial charge is 0.393 e. The monoisotopic (exact) mass is 228 g/mol. The van der Waals surface area contributed by atoms with E-state index in [9.17, 15) is 9.90 Å². The molecule has 0 spiro atoms. The highest BCUT2D eigenvalue weighted by molar-refractivity contribution is 5.75. The minimum Gasteiger partial charge on any atom is -0.393 e. The Kier molecular flexibility index (Phi) is 5.22. The number of likely N-dealkylation sites (tertiary alicyclic amines) is 1. The second-order valence-corrected chi connectivity index (χ2v) is 4.98. The lowest BCUT2D eigenvalue weighted by molar-refractivity contribution is -0.128. The molecule has 1 aliphatic heterocycles. The first-order chi connectivity index (χ1) is 7.50. The van der Waals surface area contributed by atoms with Gasteiger partial charge in [-0.1, -0.05) is 0 Å². The van der Waals surface area contributed by atoms with Gasteiger partial charge in [0.25, 0.3) is 0 Å². The summed E-state index contributed by atoms with van der Waals surface area (Å²) in [4.78, 5) is 15.3. The van der Waals surface area contributed by atoms with Crippen molar-refractivity contribution >= 4 is 5.91 Å². The normalized spacial score (nSPS) is 23.4. The molecule has 0 aromatic heterocycles. The van der Waals surface area contributed by atoms with E-state index < -0.39 is 0 Å². The van der Waals surface area contributed by atoms with E-state index >= 15 is 0 Å². The number of hydrogen-bond acceptors (Lipinski definition) is 3. The van der Waals surface area contributed by atoms with Gasteiger partial charge in [-0.05, 0) is 38.8 Å². The van der Waals surface area contributed by atoms with Crippen LogP contribution >= 0.6 is 0 Å². The molecule has 0 aliphatic carbocycles. The Bertz CT molecular complexity index is 229. The van der Waals surface area contributed by atoms with Gasteiger partial charge in [-0.3, -0.25) is 4.79 Å². The molecule has 1 saturated heterocycles. The maximum Gasteiger partial charge on any atom is 0.222 e. The lowest BCUT2D eigenvalue weighted by atomic mass is 10.0. The summed E-state index contributed by atoms with van der Waals surface area (Å²) in [6.45, 7) is 4.88. The van der Waals surface area contributed by atoms with Crippen LogP contribution in [0.4, 0.5) is 0 Å². The van der Waals surface area contributed by atoms with E-state index in [-0.39, 0.29) is 12.0 Å². The Labute approximate surface area is 98.2 Å². The van der Waals surface area contributed by atoms with Gasteiger partial charge < -0.3 is 14.9 Å². The van der Waals surface area contributed by atoms with E-state index in [4.69, 9.17) is 0 Å². The molecule has 1 amide bonds. The summed E-state index contributed by atoms with van der Waals surface area (Å²) in [6.07, 6.45) is 2.43. The quantitative estimate of drug-likeness (QED) is 0.747. The van der Waals surface area contributed by atoms with Crippen LogP contribution in [-0.4, -0.2) is 60.6 Å². The summed E-state index contributed by atoms with van der Waals surface area (Å²) in [5.41, 5.74) is 0. The van der Waals surface area contributed by atoms with Crippen molar-refractivity contribution < 1.29 is 9.90 Å².